The van der Waals surface area contributed by atoms with Crippen molar-refractivity contribution in [2.75, 3.05) is 46.6 Å². The standard InChI is InChI=1S/C31H40ClFN4O3/c1-3-6-27-29(22-7-9-23(32)10-8-22)37(31(38)36-18-13-24(14-19-36)35-16-4-5-17-35)30(34-27)26-12-11-25(39-2)21-28(26)40-20-15-33/h7-12,21,24,27,29H,3-6,13-20H2,1-2H3. The summed E-state index contributed by atoms with van der Waals surface area (Å²) in [5.74, 6) is 1.60. The first-order valence-electron chi connectivity index (χ1n) is 14.6. The minimum Gasteiger partial charge on any atom is -0.497 e. The molecule has 2 aromatic carbocycles. The molecule has 5 rings (SSSR count). The Balaban J connectivity index is 1.51. The number of aliphatic imine (C=N–C) groups is 1. The van der Waals surface area contributed by atoms with Gasteiger partial charge in [0.2, 0.25) is 0 Å². The molecule has 0 saturated carbocycles. The molecule has 2 amide bonds. The van der Waals surface area contributed by atoms with Crippen molar-refractivity contribution in [2.24, 2.45) is 4.99 Å². The van der Waals surface area contributed by atoms with Gasteiger partial charge in [-0.15, -0.1) is 0 Å². The van der Waals surface area contributed by atoms with Crippen LogP contribution < -0.4 is 9.47 Å². The van der Waals surface area contributed by atoms with Gasteiger partial charge in [0, 0.05) is 30.2 Å². The lowest BCUT2D eigenvalue weighted by molar-refractivity contribution is 0.117. The van der Waals surface area contributed by atoms with E-state index in [0.29, 0.717) is 47.1 Å². The van der Waals surface area contributed by atoms with Crippen LogP contribution in [-0.2, 0) is 0 Å². The first kappa shape index (κ1) is 28.7. The molecule has 2 aromatic rings. The van der Waals surface area contributed by atoms with E-state index >= 15 is 0 Å². The van der Waals surface area contributed by atoms with Crippen LogP contribution in [0.4, 0.5) is 9.18 Å². The number of urea groups is 1. The summed E-state index contributed by atoms with van der Waals surface area (Å²) in [6.45, 7) is 5.17. The Morgan fingerprint density at radius 1 is 1.07 bits per heavy atom. The average Bonchev–Trinajstić information content (AvgIpc) is 3.65. The number of amidine groups is 1. The molecule has 0 aromatic heterocycles. The van der Waals surface area contributed by atoms with Crippen LogP contribution in [0, 0.1) is 0 Å². The van der Waals surface area contributed by atoms with E-state index in [9.17, 15) is 9.18 Å². The van der Waals surface area contributed by atoms with E-state index in [-0.39, 0.29) is 24.7 Å². The van der Waals surface area contributed by atoms with Crippen molar-refractivity contribution in [3.63, 3.8) is 0 Å². The second-order valence-corrected chi connectivity index (χ2v) is 11.3. The van der Waals surface area contributed by atoms with Crippen molar-refractivity contribution in [2.45, 2.75) is 63.6 Å². The largest absolute Gasteiger partial charge is 0.497 e. The maximum atomic E-state index is 14.5. The van der Waals surface area contributed by atoms with Crippen LogP contribution in [0.15, 0.2) is 47.5 Å². The van der Waals surface area contributed by atoms with Gasteiger partial charge < -0.3 is 19.3 Å². The van der Waals surface area contributed by atoms with Crippen molar-refractivity contribution in [3.8, 4) is 11.5 Å². The lowest BCUT2D eigenvalue weighted by atomic mass is 9.96. The molecule has 2 fully saturated rings. The summed E-state index contributed by atoms with van der Waals surface area (Å²) in [6.07, 6.45) is 6.22. The Morgan fingerprint density at radius 3 is 2.45 bits per heavy atom. The summed E-state index contributed by atoms with van der Waals surface area (Å²) in [6, 6.07) is 13.2. The van der Waals surface area contributed by atoms with Gasteiger partial charge in [-0.3, -0.25) is 9.89 Å². The second-order valence-electron chi connectivity index (χ2n) is 10.8. The number of ether oxygens (including phenoxy) is 2. The SMILES string of the molecule is CCCC1N=C(c2ccc(OC)cc2OCCF)N(C(=O)N2CCC(N3CCCC3)CC2)C1c1ccc(Cl)cc1. The molecule has 216 valence electrons. The molecule has 2 saturated heterocycles. The Bertz CT molecular complexity index is 1180. The first-order valence-corrected chi connectivity index (χ1v) is 14.9. The van der Waals surface area contributed by atoms with Crippen LogP contribution >= 0.6 is 11.6 Å². The van der Waals surface area contributed by atoms with E-state index in [2.05, 4.69) is 11.8 Å². The van der Waals surface area contributed by atoms with Crippen LogP contribution in [0.1, 0.15) is 62.6 Å². The van der Waals surface area contributed by atoms with Crippen molar-refractivity contribution in [1.29, 1.82) is 0 Å². The highest BCUT2D eigenvalue weighted by Crippen LogP contribution is 2.40. The van der Waals surface area contributed by atoms with Gasteiger partial charge in [-0.1, -0.05) is 37.1 Å². The summed E-state index contributed by atoms with van der Waals surface area (Å²) in [5, 5.41) is 0.647. The molecule has 0 bridgehead atoms. The molecule has 3 aliphatic heterocycles. The fraction of sp³-hybridized carbons (Fsp3) is 0.548. The maximum absolute atomic E-state index is 14.5. The van der Waals surface area contributed by atoms with Gasteiger partial charge in [-0.25, -0.2) is 9.18 Å². The molecule has 0 N–H and O–H groups in total. The van der Waals surface area contributed by atoms with Gasteiger partial charge in [-0.2, -0.15) is 0 Å². The first-order chi connectivity index (χ1) is 19.5. The Hall–Kier alpha value is -2.84. The molecular formula is C31H40ClFN4O3. The summed E-state index contributed by atoms with van der Waals surface area (Å²) in [4.78, 5) is 26.0. The minimum absolute atomic E-state index is 0.0514. The number of benzene rings is 2. The van der Waals surface area contributed by atoms with Crippen LogP contribution in [0.5, 0.6) is 11.5 Å². The number of carbonyl (C=O) groups excluding carboxylic acids is 1. The third-order valence-electron chi connectivity index (χ3n) is 8.32. The fourth-order valence-electron chi connectivity index (χ4n) is 6.32. The number of carbonyl (C=O) groups is 1. The van der Waals surface area contributed by atoms with Crippen molar-refractivity contribution in [3.05, 3.63) is 58.6 Å². The van der Waals surface area contributed by atoms with E-state index in [1.165, 1.54) is 12.8 Å². The molecule has 7 nitrogen and oxygen atoms in total. The molecule has 0 radical (unpaired) electrons. The zero-order chi connectivity index (χ0) is 28.1. The highest BCUT2D eigenvalue weighted by Gasteiger charge is 2.44. The molecule has 0 aliphatic carbocycles. The van der Waals surface area contributed by atoms with Crippen LogP contribution in [0.3, 0.4) is 0 Å². The van der Waals surface area contributed by atoms with Crippen molar-refractivity contribution in [1.82, 2.24) is 14.7 Å². The number of amides is 2. The number of nitrogens with zero attached hydrogens (tertiary/aromatic N) is 4. The van der Waals surface area contributed by atoms with E-state index < -0.39 is 6.67 Å². The molecule has 9 heteroatoms. The molecular weight excluding hydrogens is 531 g/mol. The molecule has 40 heavy (non-hydrogen) atoms. The number of hydrogen-bond donors (Lipinski definition) is 0. The quantitative estimate of drug-likeness (QED) is 0.352. The molecule has 3 aliphatic rings. The van der Waals surface area contributed by atoms with Crippen LogP contribution in [-0.4, -0.2) is 85.2 Å². The van der Waals surface area contributed by atoms with Crippen molar-refractivity contribution < 1.29 is 18.7 Å². The summed E-state index contributed by atoms with van der Waals surface area (Å²) in [7, 11) is 1.58. The Morgan fingerprint density at radius 2 is 1.80 bits per heavy atom. The molecule has 2 unspecified atom stereocenters. The third kappa shape index (κ3) is 6.08. The number of hydrogen-bond acceptors (Lipinski definition) is 5. The summed E-state index contributed by atoms with van der Waals surface area (Å²) < 4.78 is 24.4. The van der Waals surface area contributed by atoms with Crippen LogP contribution in [0.2, 0.25) is 5.02 Å². The van der Waals surface area contributed by atoms with Crippen LogP contribution in [0.25, 0.3) is 0 Å². The lowest BCUT2D eigenvalue weighted by Crippen LogP contribution is -2.52. The van der Waals surface area contributed by atoms with Gasteiger partial charge in [-0.05, 0) is 75.0 Å². The number of halogens is 2. The Kier molecular flexibility index (Phi) is 9.48. The molecule has 3 heterocycles. The van der Waals surface area contributed by atoms with Crippen molar-refractivity contribution >= 4 is 23.5 Å². The zero-order valence-electron chi connectivity index (χ0n) is 23.5. The number of piperidine rings is 1. The average molecular weight is 571 g/mol. The van der Waals surface area contributed by atoms with E-state index in [1.807, 2.05) is 46.2 Å². The number of likely N-dealkylation sites (tertiary alicyclic amines) is 2. The number of methoxy groups -OCH3 is 1. The fourth-order valence-corrected chi connectivity index (χ4v) is 6.44. The predicted molar refractivity (Wildman–Crippen MR) is 157 cm³/mol. The third-order valence-corrected chi connectivity index (χ3v) is 8.57. The number of alkyl halides is 1. The smallest absolute Gasteiger partial charge is 0.326 e. The van der Waals surface area contributed by atoms with Gasteiger partial charge in [0.1, 0.15) is 30.6 Å². The molecule has 2 atom stereocenters. The van der Waals surface area contributed by atoms with Gasteiger partial charge >= 0.3 is 6.03 Å². The van der Waals surface area contributed by atoms with E-state index in [0.717, 1.165) is 44.3 Å². The van der Waals surface area contributed by atoms with Gasteiger partial charge in [0.05, 0.1) is 24.8 Å². The minimum atomic E-state index is -0.621. The van der Waals surface area contributed by atoms with Gasteiger partial charge in [0.15, 0.2) is 0 Å². The normalized spacial score (nSPS) is 22.1. The summed E-state index contributed by atoms with van der Waals surface area (Å²) in [5.41, 5.74) is 1.65. The summed E-state index contributed by atoms with van der Waals surface area (Å²) >= 11 is 6.25. The monoisotopic (exact) mass is 570 g/mol. The van der Waals surface area contributed by atoms with Gasteiger partial charge in [0.25, 0.3) is 0 Å². The van der Waals surface area contributed by atoms with E-state index in [1.54, 1.807) is 13.2 Å². The maximum Gasteiger partial charge on any atom is 0.326 e. The predicted octanol–water partition coefficient (Wildman–Crippen LogP) is 6.35. The lowest BCUT2D eigenvalue weighted by Gasteiger charge is -2.40. The second kappa shape index (κ2) is 13.2. The molecule has 0 spiro atoms. The topological polar surface area (TPSA) is 57.6 Å². The zero-order valence-corrected chi connectivity index (χ0v) is 24.3. The Labute approximate surface area is 241 Å². The number of rotatable bonds is 9. The highest BCUT2D eigenvalue weighted by molar-refractivity contribution is 6.30. The van der Waals surface area contributed by atoms with E-state index in [4.69, 9.17) is 26.1 Å². The highest BCUT2D eigenvalue weighted by atomic mass is 35.5.